The lowest BCUT2D eigenvalue weighted by Gasteiger charge is -2.40. The van der Waals surface area contributed by atoms with Gasteiger partial charge in [-0.15, -0.1) is 6.58 Å². The van der Waals surface area contributed by atoms with Crippen molar-refractivity contribution in [1.29, 1.82) is 0 Å². The zero-order chi connectivity index (χ0) is 19.7. The number of aliphatic hydroxyl groups excluding tert-OH is 1. The van der Waals surface area contributed by atoms with Crippen molar-refractivity contribution in [2.75, 3.05) is 26.2 Å². The first-order valence-electron chi connectivity index (χ1n) is 10.9. The molecule has 0 aliphatic rings. The third-order valence-corrected chi connectivity index (χ3v) is 5.29. The first-order chi connectivity index (χ1) is 12.5. The van der Waals surface area contributed by atoms with Crippen molar-refractivity contribution in [2.24, 2.45) is 0 Å². The molecule has 0 aliphatic heterocycles. The Morgan fingerprint density at radius 2 is 1.54 bits per heavy atom. The Morgan fingerprint density at radius 3 is 2.04 bits per heavy atom. The van der Waals surface area contributed by atoms with Crippen LogP contribution in [-0.4, -0.2) is 52.9 Å². The second kappa shape index (κ2) is 16.3. The van der Waals surface area contributed by atoms with Gasteiger partial charge in [-0.05, 0) is 44.9 Å². The third-order valence-electron chi connectivity index (χ3n) is 5.29. The number of rotatable bonds is 19. The van der Waals surface area contributed by atoms with E-state index in [0.717, 1.165) is 56.3 Å². The lowest BCUT2D eigenvalue weighted by molar-refractivity contribution is -0.931. The predicted molar refractivity (Wildman–Crippen MR) is 110 cm³/mol. The Labute approximate surface area is 161 Å². The summed E-state index contributed by atoms with van der Waals surface area (Å²) in [4.78, 5) is 11.0. The maximum absolute atomic E-state index is 11.0. The number of unbranched alkanes of at least 4 members (excludes halogenated alkanes) is 6. The summed E-state index contributed by atoms with van der Waals surface area (Å²) in [6.07, 6.45) is 13.7. The van der Waals surface area contributed by atoms with Gasteiger partial charge in [0.05, 0.1) is 26.1 Å². The molecule has 26 heavy (non-hydrogen) atoms. The molecule has 2 N–H and O–H groups in total. The summed E-state index contributed by atoms with van der Waals surface area (Å²) >= 11 is 0. The highest BCUT2D eigenvalue weighted by Gasteiger charge is 2.29. The van der Waals surface area contributed by atoms with E-state index < -0.39 is 5.97 Å². The molecule has 0 aliphatic carbocycles. The minimum atomic E-state index is -0.713. The van der Waals surface area contributed by atoms with Crippen LogP contribution in [0, 0.1) is 0 Å². The zero-order valence-electron chi connectivity index (χ0n) is 17.4. The van der Waals surface area contributed by atoms with Crippen LogP contribution in [0.4, 0.5) is 0 Å². The van der Waals surface area contributed by atoms with Gasteiger partial charge in [0.2, 0.25) is 0 Å². The zero-order valence-corrected chi connectivity index (χ0v) is 17.4. The summed E-state index contributed by atoms with van der Waals surface area (Å²) in [6.45, 7) is 12.0. The van der Waals surface area contributed by atoms with Gasteiger partial charge in [-0.1, -0.05) is 39.2 Å². The number of allylic oxidation sites excluding steroid dienone is 1. The number of hydrogen-bond donors (Lipinski definition) is 2. The van der Waals surface area contributed by atoms with Crippen LogP contribution >= 0.6 is 0 Å². The van der Waals surface area contributed by atoms with E-state index in [1.165, 1.54) is 38.5 Å². The fourth-order valence-electron chi connectivity index (χ4n) is 3.78. The van der Waals surface area contributed by atoms with Crippen LogP contribution in [0.1, 0.15) is 90.9 Å². The van der Waals surface area contributed by atoms with Gasteiger partial charge in [0.15, 0.2) is 0 Å². The van der Waals surface area contributed by atoms with Crippen LogP contribution < -0.4 is 0 Å². The van der Waals surface area contributed by atoms with Gasteiger partial charge in [0.1, 0.15) is 12.6 Å². The van der Waals surface area contributed by atoms with Crippen LogP contribution in [0.5, 0.6) is 0 Å². The molecule has 0 spiro atoms. The van der Waals surface area contributed by atoms with Gasteiger partial charge in [-0.3, -0.25) is 4.79 Å². The van der Waals surface area contributed by atoms with Gasteiger partial charge in [0.25, 0.3) is 0 Å². The van der Waals surface area contributed by atoms with Crippen molar-refractivity contribution >= 4 is 5.97 Å². The number of carboxylic acid groups (broad SMARTS) is 1. The summed E-state index contributed by atoms with van der Waals surface area (Å²) < 4.78 is 0.899. The van der Waals surface area contributed by atoms with E-state index >= 15 is 0 Å². The minimum Gasteiger partial charge on any atom is -0.481 e. The summed E-state index contributed by atoms with van der Waals surface area (Å²) in [7, 11) is 0. The maximum atomic E-state index is 11.0. The van der Waals surface area contributed by atoms with Crippen molar-refractivity contribution in [2.45, 2.75) is 97.0 Å². The van der Waals surface area contributed by atoms with E-state index in [2.05, 4.69) is 20.4 Å². The van der Waals surface area contributed by atoms with Crippen molar-refractivity contribution < 1.29 is 19.5 Å². The molecule has 0 heterocycles. The van der Waals surface area contributed by atoms with Crippen molar-refractivity contribution in [1.82, 2.24) is 0 Å². The molecule has 0 saturated heterocycles. The number of nitrogens with zero attached hydrogens (tertiary/aromatic N) is 1. The lowest BCUT2D eigenvalue weighted by Crippen LogP contribution is -2.54. The second-order valence-corrected chi connectivity index (χ2v) is 7.83. The molecule has 1 unspecified atom stereocenters. The number of aliphatic carboxylic acids is 1. The van der Waals surface area contributed by atoms with Crippen LogP contribution in [-0.2, 0) is 4.79 Å². The van der Waals surface area contributed by atoms with Crippen LogP contribution in [0.3, 0.4) is 0 Å². The Hall–Kier alpha value is -0.870. The first kappa shape index (κ1) is 25.1. The highest BCUT2D eigenvalue weighted by Crippen LogP contribution is 2.19. The third kappa shape index (κ3) is 13.3. The fraction of sp³-hybridized carbons (Fsp3) is 0.864. The molecule has 0 aromatic heterocycles. The molecule has 0 radical (unpaired) electrons. The Balaban J connectivity index is 4.86. The first-order valence-corrected chi connectivity index (χ1v) is 10.9. The highest BCUT2D eigenvalue weighted by atomic mass is 16.4. The number of aliphatic hydroxyl groups is 1. The van der Waals surface area contributed by atoms with Gasteiger partial charge >= 0.3 is 5.97 Å². The molecule has 0 aromatic rings. The number of hydrogen-bond acceptors (Lipinski definition) is 2. The van der Waals surface area contributed by atoms with Gasteiger partial charge < -0.3 is 14.7 Å². The molecule has 0 fully saturated rings. The molecule has 0 amide bonds. The van der Waals surface area contributed by atoms with Gasteiger partial charge in [0, 0.05) is 6.42 Å². The largest absolute Gasteiger partial charge is 0.481 e. The van der Waals surface area contributed by atoms with Crippen LogP contribution in [0.15, 0.2) is 12.7 Å². The second-order valence-electron chi connectivity index (χ2n) is 7.83. The highest BCUT2D eigenvalue weighted by molar-refractivity contribution is 5.66. The Morgan fingerprint density at radius 1 is 0.962 bits per heavy atom. The summed E-state index contributed by atoms with van der Waals surface area (Å²) in [6, 6.07) is 0. The molecule has 0 rings (SSSR count). The summed E-state index contributed by atoms with van der Waals surface area (Å²) in [5.41, 5.74) is 0. The molecule has 0 bridgehead atoms. The van der Waals surface area contributed by atoms with Crippen molar-refractivity contribution in [3.63, 3.8) is 0 Å². The van der Waals surface area contributed by atoms with E-state index in [1.807, 2.05) is 6.08 Å². The Kier molecular flexibility index (Phi) is 15.8. The van der Waals surface area contributed by atoms with Crippen LogP contribution in [0.25, 0.3) is 0 Å². The molecule has 0 saturated carbocycles. The molecule has 4 heteroatoms. The summed E-state index contributed by atoms with van der Waals surface area (Å²) in [5, 5.41) is 19.7. The maximum Gasteiger partial charge on any atom is 0.303 e. The average molecular weight is 371 g/mol. The molecule has 4 nitrogen and oxygen atoms in total. The van der Waals surface area contributed by atoms with Gasteiger partial charge in [-0.25, -0.2) is 0 Å². The average Bonchev–Trinajstić information content (AvgIpc) is 2.59. The van der Waals surface area contributed by atoms with Gasteiger partial charge in [-0.2, -0.15) is 0 Å². The molecule has 0 aromatic carbocycles. The quantitative estimate of drug-likeness (QED) is 0.188. The SMILES string of the molecule is C=CCCCCC(O)C[N+](CCCCC)(CCCCC)CCCC(=O)O. The Bertz CT molecular complexity index is 347. The standard InChI is InChI=1S/C22H43NO3/c1-4-7-10-11-15-21(24)20-23(17-12-8-5-2,18-13-9-6-3)19-14-16-22(25)26/h4,21,24H,1,5-20H2,2-3H3/p+1. The molecular weight excluding hydrogens is 326 g/mol. The molecule has 1 atom stereocenters. The predicted octanol–water partition coefficient (Wildman–Crippen LogP) is 5.16. The van der Waals surface area contributed by atoms with Crippen molar-refractivity contribution in [3.8, 4) is 0 Å². The monoisotopic (exact) mass is 370 g/mol. The number of carboxylic acids is 1. The number of quaternary nitrogens is 1. The van der Waals surface area contributed by atoms with E-state index in [0.29, 0.717) is 6.42 Å². The molecule has 154 valence electrons. The topological polar surface area (TPSA) is 57.5 Å². The lowest BCUT2D eigenvalue weighted by atomic mass is 10.1. The van der Waals surface area contributed by atoms with Crippen molar-refractivity contribution in [3.05, 3.63) is 12.7 Å². The smallest absolute Gasteiger partial charge is 0.303 e. The van der Waals surface area contributed by atoms with E-state index in [4.69, 9.17) is 5.11 Å². The summed E-state index contributed by atoms with van der Waals surface area (Å²) in [5.74, 6) is -0.713. The minimum absolute atomic E-state index is 0.233. The molecular formula is C22H44NO3+. The van der Waals surface area contributed by atoms with E-state index in [9.17, 15) is 9.90 Å². The normalized spacial score (nSPS) is 12.9. The van der Waals surface area contributed by atoms with E-state index in [-0.39, 0.29) is 12.5 Å². The fourth-order valence-corrected chi connectivity index (χ4v) is 3.78. The van der Waals surface area contributed by atoms with E-state index in [1.54, 1.807) is 0 Å². The number of carbonyl (C=O) groups is 1. The van der Waals surface area contributed by atoms with Crippen LogP contribution in [0.2, 0.25) is 0 Å².